The molecule has 2 unspecified atom stereocenters. The van der Waals surface area contributed by atoms with Gasteiger partial charge in [-0.25, -0.2) is 0 Å². The van der Waals surface area contributed by atoms with E-state index in [1.807, 2.05) is 11.8 Å². The summed E-state index contributed by atoms with van der Waals surface area (Å²) in [6, 6.07) is 1.24. The molecule has 0 spiro atoms. The molecule has 1 N–H and O–H groups in total. The highest BCUT2D eigenvalue weighted by Gasteiger charge is 2.22. The minimum atomic E-state index is 0.603. The first-order valence-corrected chi connectivity index (χ1v) is 8.31. The zero-order valence-corrected chi connectivity index (χ0v) is 12.8. The SMILES string of the molecule is CC(C)CC1CSC(=NCC(C)N2CCCC2)N1. The number of hydrogen-bond donors (Lipinski definition) is 1. The highest BCUT2D eigenvalue weighted by Crippen LogP contribution is 2.19. The van der Waals surface area contributed by atoms with Crippen LogP contribution in [-0.2, 0) is 0 Å². The maximum Gasteiger partial charge on any atom is 0.156 e. The largest absolute Gasteiger partial charge is 0.361 e. The summed E-state index contributed by atoms with van der Waals surface area (Å²) in [7, 11) is 0. The smallest absolute Gasteiger partial charge is 0.156 e. The van der Waals surface area contributed by atoms with Crippen LogP contribution in [0.2, 0.25) is 0 Å². The maximum absolute atomic E-state index is 4.75. The van der Waals surface area contributed by atoms with Crippen LogP contribution < -0.4 is 5.32 Å². The van der Waals surface area contributed by atoms with Gasteiger partial charge in [0, 0.05) is 17.8 Å². The summed E-state index contributed by atoms with van der Waals surface area (Å²) in [6.07, 6.45) is 3.99. The average Bonchev–Trinajstić information content (AvgIpc) is 2.95. The van der Waals surface area contributed by atoms with Gasteiger partial charge in [-0.3, -0.25) is 9.89 Å². The second kappa shape index (κ2) is 6.80. The van der Waals surface area contributed by atoms with Crippen LogP contribution in [0.25, 0.3) is 0 Å². The first-order valence-electron chi connectivity index (χ1n) is 7.33. The van der Waals surface area contributed by atoms with E-state index in [0.29, 0.717) is 12.1 Å². The Morgan fingerprint density at radius 1 is 1.33 bits per heavy atom. The number of rotatable bonds is 5. The molecular weight excluding hydrogens is 242 g/mol. The Morgan fingerprint density at radius 3 is 2.72 bits per heavy atom. The molecule has 0 bridgehead atoms. The Bertz CT molecular complexity index is 285. The Labute approximate surface area is 116 Å². The van der Waals surface area contributed by atoms with E-state index >= 15 is 0 Å². The third-order valence-corrected chi connectivity index (χ3v) is 4.86. The number of hydrogen-bond acceptors (Lipinski definition) is 3. The van der Waals surface area contributed by atoms with E-state index in [1.54, 1.807) is 0 Å². The van der Waals surface area contributed by atoms with E-state index in [0.717, 1.165) is 12.5 Å². The molecule has 0 aromatic carbocycles. The fourth-order valence-corrected chi connectivity index (χ4v) is 3.73. The summed E-state index contributed by atoms with van der Waals surface area (Å²) in [5.41, 5.74) is 0. The van der Waals surface area contributed by atoms with E-state index in [2.05, 4.69) is 31.0 Å². The zero-order valence-electron chi connectivity index (χ0n) is 12.0. The van der Waals surface area contributed by atoms with Crippen molar-refractivity contribution in [1.82, 2.24) is 10.2 Å². The van der Waals surface area contributed by atoms with Crippen molar-refractivity contribution in [1.29, 1.82) is 0 Å². The highest BCUT2D eigenvalue weighted by atomic mass is 32.2. The van der Waals surface area contributed by atoms with E-state index in [-0.39, 0.29) is 0 Å². The van der Waals surface area contributed by atoms with Crippen LogP contribution in [0.4, 0.5) is 0 Å². The standard InChI is InChI=1S/C14H27N3S/c1-11(2)8-13-10-18-14(16-13)15-9-12(3)17-6-4-5-7-17/h11-13H,4-10H2,1-3H3,(H,15,16). The van der Waals surface area contributed by atoms with Gasteiger partial charge in [-0.05, 0) is 45.2 Å². The molecule has 0 radical (unpaired) electrons. The summed E-state index contributed by atoms with van der Waals surface area (Å²) in [6.45, 7) is 10.4. The van der Waals surface area contributed by atoms with E-state index in [4.69, 9.17) is 4.99 Å². The quantitative estimate of drug-likeness (QED) is 0.831. The molecule has 2 saturated heterocycles. The molecule has 4 heteroatoms. The molecule has 2 aliphatic rings. The monoisotopic (exact) mass is 269 g/mol. The lowest BCUT2D eigenvalue weighted by Gasteiger charge is -2.22. The van der Waals surface area contributed by atoms with Gasteiger partial charge >= 0.3 is 0 Å². The van der Waals surface area contributed by atoms with E-state index in [9.17, 15) is 0 Å². The molecule has 104 valence electrons. The molecule has 2 heterocycles. The van der Waals surface area contributed by atoms with Crippen LogP contribution in [-0.4, -0.2) is 47.5 Å². The number of thioether (sulfide) groups is 1. The summed E-state index contributed by atoms with van der Waals surface area (Å²) in [4.78, 5) is 7.32. The van der Waals surface area contributed by atoms with Gasteiger partial charge in [-0.1, -0.05) is 25.6 Å². The molecule has 0 saturated carbocycles. The van der Waals surface area contributed by atoms with Gasteiger partial charge in [0.15, 0.2) is 5.17 Å². The first kappa shape index (κ1) is 14.2. The number of amidine groups is 1. The fraction of sp³-hybridized carbons (Fsp3) is 0.929. The first-order chi connectivity index (χ1) is 8.65. The Morgan fingerprint density at radius 2 is 2.06 bits per heavy atom. The minimum Gasteiger partial charge on any atom is -0.361 e. The van der Waals surface area contributed by atoms with Crippen LogP contribution in [0, 0.1) is 5.92 Å². The molecule has 0 aromatic heterocycles. The second-order valence-electron chi connectivity index (χ2n) is 6.02. The third-order valence-electron chi connectivity index (χ3n) is 3.77. The molecule has 3 nitrogen and oxygen atoms in total. The zero-order chi connectivity index (χ0) is 13.0. The lowest BCUT2D eigenvalue weighted by Crippen LogP contribution is -2.33. The van der Waals surface area contributed by atoms with Crippen molar-refractivity contribution < 1.29 is 0 Å². The van der Waals surface area contributed by atoms with Gasteiger partial charge in [0.05, 0.1) is 6.54 Å². The summed E-state index contributed by atoms with van der Waals surface area (Å²) in [5, 5.41) is 4.74. The molecule has 0 amide bonds. The van der Waals surface area contributed by atoms with Gasteiger partial charge in [0.25, 0.3) is 0 Å². The summed E-state index contributed by atoms with van der Waals surface area (Å²) >= 11 is 1.90. The van der Waals surface area contributed by atoms with Crippen LogP contribution in [0.1, 0.15) is 40.0 Å². The van der Waals surface area contributed by atoms with Crippen LogP contribution in [0.15, 0.2) is 4.99 Å². The second-order valence-corrected chi connectivity index (χ2v) is 7.03. The van der Waals surface area contributed by atoms with Gasteiger partial charge < -0.3 is 5.32 Å². The third kappa shape index (κ3) is 4.16. The van der Waals surface area contributed by atoms with E-state index in [1.165, 1.54) is 43.3 Å². The van der Waals surface area contributed by atoms with Gasteiger partial charge in [0.1, 0.15) is 0 Å². The molecule has 18 heavy (non-hydrogen) atoms. The number of nitrogens with zero attached hydrogens (tertiary/aromatic N) is 2. The fourth-order valence-electron chi connectivity index (χ4n) is 2.74. The van der Waals surface area contributed by atoms with Gasteiger partial charge in [0.2, 0.25) is 0 Å². The van der Waals surface area contributed by atoms with Crippen molar-refractivity contribution >= 4 is 16.9 Å². The van der Waals surface area contributed by atoms with Crippen molar-refractivity contribution in [3.05, 3.63) is 0 Å². The number of aliphatic imine (C=N–C) groups is 1. The Hall–Kier alpha value is -0.220. The normalized spacial score (nSPS) is 29.1. The lowest BCUT2D eigenvalue weighted by atomic mass is 10.1. The average molecular weight is 269 g/mol. The van der Waals surface area contributed by atoms with Crippen LogP contribution in [0.5, 0.6) is 0 Å². The predicted octanol–water partition coefficient (Wildman–Crippen LogP) is 2.58. The van der Waals surface area contributed by atoms with Gasteiger partial charge in [-0.2, -0.15) is 0 Å². The molecular formula is C14H27N3S. The molecule has 0 aromatic rings. The van der Waals surface area contributed by atoms with Crippen molar-refractivity contribution in [2.24, 2.45) is 10.9 Å². The molecule has 0 aliphatic carbocycles. The summed E-state index contributed by atoms with van der Waals surface area (Å²) in [5.74, 6) is 1.96. The topological polar surface area (TPSA) is 27.6 Å². The molecule has 2 aliphatic heterocycles. The van der Waals surface area contributed by atoms with E-state index < -0.39 is 0 Å². The lowest BCUT2D eigenvalue weighted by molar-refractivity contribution is 0.265. The van der Waals surface area contributed by atoms with Crippen molar-refractivity contribution in [2.45, 2.75) is 52.1 Å². The Kier molecular flexibility index (Phi) is 5.37. The number of likely N-dealkylation sites (tertiary alicyclic amines) is 1. The molecule has 2 fully saturated rings. The number of nitrogens with one attached hydrogen (secondary N) is 1. The van der Waals surface area contributed by atoms with Crippen molar-refractivity contribution in [3.63, 3.8) is 0 Å². The highest BCUT2D eigenvalue weighted by molar-refractivity contribution is 8.14. The Balaban J connectivity index is 1.73. The summed E-state index contributed by atoms with van der Waals surface area (Å²) < 4.78 is 0. The molecule has 2 atom stereocenters. The minimum absolute atomic E-state index is 0.603. The molecule has 2 rings (SSSR count). The predicted molar refractivity (Wildman–Crippen MR) is 81.4 cm³/mol. The van der Waals surface area contributed by atoms with Crippen LogP contribution >= 0.6 is 11.8 Å². The van der Waals surface area contributed by atoms with Crippen molar-refractivity contribution in [3.8, 4) is 0 Å². The van der Waals surface area contributed by atoms with Crippen LogP contribution in [0.3, 0.4) is 0 Å². The maximum atomic E-state index is 4.75. The van der Waals surface area contributed by atoms with Gasteiger partial charge in [-0.15, -0.1) is 0 Å². The van der Waals surface area contributed by atoms with Crippen molar-refractivity contribution in [2.75, 3.05) is 25.4 Å².